The third-order valence-electron chi connectivity index (χ3n) is 3.34. The smallest absolute Gasteiger partial charge is 0.410 e. The van der Waals surface area contributed by atoms with E-state index in [2.05, 4.69) is 30.6 Å². The van der Waals surface area contributed by atoms with Crippen molar-refractivity contribution in [2.45, 2.75) is 46.3 Å². The lowest BCUT2D eigenvalue weighted by molar-refractivity contribution is 0.0203. The Bertz CT molecular complexity index is 482. The second-order valence-electron chi connectivity index (χ2n) is 6.60. The van der Waals surface area contributed by atoms with Crippen molar-refractivity contribution < 1.29 is 14.3 Å². The summed E-state index contributed by atoms with van der Waals surface area (Å²) in [6.07, 6.45) is -0.295. The first-order chi connectivity index (χ1) is 10.7. The fraction of sp³-hybridized carbons (Fsp3) is 0.706. The summed E-state index contributed by atoms with van der Waals surface area (Å²) in [6.45, 7) is 12.2. The van der Waals surface area contributed by atoms with Crippen LogP contribution >= 0.6 is 11.3 Å². The van der Waals surface area contributed by atoms with Crippen molar-refractivity contribution in [3.05, 3.63) is 21.9 Å². The molecule has 1 aromatic heterocycles. The SMILES string of the molecule is COCCN(CCNC(C)c1sccc1C)C(=O)OC(C)(C)C. The first kappa shape index (κ1) is 19.9. The van der Waals surface area contributed by atoms with Gasteiger partial charge in [0.05, 0.1) is 6.61 Å². The van der Waals surface area contributed by atoms with Gasteiger partial charge >= 0.3 is 6.09 Å². The Morgan fingerprint density at radius 2 is 2.09 bits per heavy atom. The monoisotopic (exact) mass is 342 g/mol. The molecule has 23 heavy (non-hydrogen) atoms. The number of nitrogens with zero attached hydrogens (tertiary/aromatic N) is 1. The molecule has 1 amide bonds. The maximum atomic E-state index is 12.2. The van der Waals surface area contributed by atoms with E-state index in [1.807, 2.05) is 20.8 Å². The summed E-state index contributed by atoms with van der Waals surface area (Å²) in [5, 5.41) is 5.58. The summed E-state index contributed by atoms with van der Waals surface area (Å²) in [5.41, 5.74) is 0.815. The largest absolute Gasteiger partial charge is 0.444 e. The van der Waals surface area contributed by atoms with Crippen LogP contribution in [0, 0.1) is 6.92 Å². The summed E-state index contributed by atoms with van der Waals surface area (Å²) in [4.78, 5) is 15.3. The van der Waals surface area contributed by atoms with E-state index in [0.717, 1.165) is 0 Å². The second-order valence-corrected chi connectivity index (χ2v) is 7.55. The number of carbonyl (C=O) groups excluding carboxylic acids is 1. The van der Waals surface area contributed by atoms with Gasteiger partial charge in [-0.15, -0.1) is 11.3 Å². The van der Waals surface area contributed by atoms with Gasteiger partial charge in [0, 0.05) is 37.7 Å². The molecule has 132 valence electrons. The van der Waals surface area contributed by atoms with Crippen LogP contribution in [-0.2, 0) is 9.47 Å². The number of hydrogen-bond acceptors (Lipinski definition) is 5. The molecule has 0 radical (unpaired) electrons. The summed E-state index contributed by atoms with van der Waals surface area (Å²) in [7, 11) is 1.63. The third kappa shape index (κ3) is 7.33. The van der Waals surface area contributed by atoms with Crippen LogP contribution in [0.2, 0.25) is 0 Å². The number of rotatable bonds is 8. The van der Waals surface area contributed by atoms with Crippen LogP contribution in [0.4, 0.5) is 4.79 Å². The molecule has 0 aliphatic rings. The van der Waals surface area contributed by atoms with Gasteiger partial charge in [-0.2, -0.15) is 0 Å². The van der Waals surface area contributed by atoms with Crippen LogP contribution < -0.4 is 5.32 Å². The van der Waals surface area contributed by atoms with Gasteiger partial charge in [-0.1, -0.05) is 0 Å². The number of ether oxygens (including phenoxy) is 2. The molecule has 0 aliphatic carbocycles. The van der Waals surface area contributed by atoms with Crippen molar-refractivity contribution in [3.63, 3.8) is 0 Å². The van der Waals surface area contributed by atoms with Gasteiger partial charge < -0.3 is 19.7 Å². The molecule has 0 saturated heterocycles. The second kappa shape index (κ2) is 9.25. The van der Waals surface area contributed by atoms with E-state index in [9.17, 15) is 4.79 Å². The molecule has 1 aromatic rings. The van der Waals surface area contributed by atoms with Crippen molar-refractivity contribution in [2.75, 3.05) is 33.4 Å². The first-order valence-electron chi connectivity index (χ1n) is 7.99. The number of thiophene rings is 1. The van der Waals surface area contributed by atoms with Crippen molar-refractivity contribution in [2.24, 2.45) is 0 Å². The molecule has 0 aliphatic heterocycles. The zero-order chi connectivity index (χ0) is 17.5. The van der Waals surface area contributed by atoms with Gasteiger partial charge in [-0.05, 0) is 51.6 Å². The van der Waals surface area contributed by atoms with E-state index >= 15 is 0 Å². The topological polar surface area (TPSA) is 50.8 Å². The molecule has 1 N–H and O–H groups in total. The van der Waals surface area contributed by atoms with Crippen LogP contribution in [0.15, 0.2) is 11.4 Å². The highest BCUT2D eigenvalue weighted by atomic mass is 32.1. The lowest BCUT2D eigenvalue weighted by Crippen LogP contribution is -2.42. The highest BCUT2D eigenvalue weighted by Gasteiger charge is 2.22. The number of hydrogen-bond donors (Lipinski definition) is 1. The predicted molar refractivity (Wildman–Crippen MR) is 95.2 cm³/mol. The lowest BCUT2D eigenvalue weighted by Gasteiger charge is -2.27. The molecule has 6 heteroatoms. The molecule has 1 rings (SSSR count). The maximum Gasteiger partial charge on any atom is 0.410 e. The summed E-state index contributed by atoms with van der Waals surface area (Å²) < 4.78 is 10.5. The highest BCUT2D eigenvalue weighted by molar-refractivity contribution is 7.10. The Balaban J connectivity index is 2.50. The fourth-order valence-electron chi connectivity index (χ4n) is 2.16. The molecule has 1 atom stereocenters. The van der Waals surface area contributed by atoms with E-state index in [1.165, 1.54) is 10.4 Å². The summed E-state index contributed by atoms with van der Waals surface area (Å²) in [6, 6.07) is 2.40. The molecule has 0 fully saturated rings. The molecular formula is C17H30N2O3S. The van der Waals surface area contributed by atoms with E-state index in [1.54, 1.807) is 23.3 Å². The Morgan fingerprint density at radius 3 is 2.61 bits per heavy atom. The number of nitrogens with one attached hydrogen (secondary N) is 1. The van der Waals surface area contributed by atoms with Crippen LogP contribution in [0.5, 0.6) is 0 Å². The number of methoxy groups -OCH3 is 1. The summed E-state index contributed by atoms with van der Waals surface area (Å²) in [5.74, 6) is 0. The van der Waals surface area contributed by atoms with Crippen LogP contribution in [-0.4, -0.2) is 49.9 Å². The molecule has 5 nitrogen and oxygen atoms in total. The van der Waals surface area contributed by atoms with E-state index < -0.39 is 5.60 Å². The molecule has 0 bridgehead atoms. The fourth-order valence-corrected chi connectivity index (χ4v) is 3.12. The minimum atomic E-state index is -0.489. The number of amides is 1. The van der Waals surface area contributed by atoms with Crippen molar-refractivity contribution in [3.8, 4) is 0 Å². The van der Waals surface area contributed by atoms with Crippen LogP contribution in [0.25, 0.3) is 0 Å². The first-order valence-corrected chi connectivity index (χ1v) is 8.87. The van der Waals surface area contributed by atoms with Crippen molar-refractivity contribution >= 4 is 17.4 Å². The average Bonchev–Trinajstić information content (AvgIpc) is 2.86. The molecule has 1 heterocycles. The highest BCUT2D eigenvalue weighted by Crippen LogP contribution is 2.23. The van der Waals surface area contributed by atoms with Crippen LogP contribution in [0.3, 0.4) is 0 Å². The zero-order valence-electron chi connectivity index (χ0n) is 15.1. The van der Waals surface area contributed by atoms with Gasteiger partial charge in [0.15, 0.2) is 0 Å². The van der Waals surface area contributed by atoms with E-state index in [0.29, 0.717) is 26.2 Å². The Hall–Kier alpha value is -1.11. The predicted octanol–water partition coefficient (Wildman–Crippen LogP) is 3.59. The Morgan fingerprint density at radius 1 is 1.39 bits per heavy atom. The number of aryl methyl sites for hydroxylation is 1. The maximum absolute atomic E-state index is 12.2. The van der Waals surface area contributed by atoms with Gasteiger partial charge in [-0.25, -0.2) is 4.79 Å². The van der Waals surface area contributed by atoms with Crippen LogP contribution in [0.1, 0.15) is 44.2 Å². The molecular weight excluding hydrogens is 312 g/mol. The Labute approximate surface area is 144 Å². The molecule has 1 unspecified atom stereocenters. The van der Waals surface area contributed by atoms with E-state index in [-0.39, 0.29) is 12.1 Å². The van der Waals surface area contributed by atoms with Crippen molar-refractivity contribution in [1.82, 2.24) is 10.2 Å². The normalized spacial score (nSPS) is 13.0. The number of carbonyl (C=O) groups is 1. The van der Waals surface area contributed by atoms with Crippen molar-refractivity contribution in [1.29, 1.82) is 0 Å². The molecule has 0 saturated carbocycles. The van der Waals surface area contributed by atoms with E-state index in [4.69, 9.17) is 9.47 Å². The minimum absolute atomic E-state index is 0.276. The standard InChI is InChI=1S/C17H30N2O3S/c1-13-7-12-23-15(13)14(2)18-8-9-19(10-11-21-6)16(20)22-17(3,4)5/h7,12,14,18H,8-11H2,1-6H3. The van der Waals surface area contributed by atoms with Gasteiger partial charge in [0.2, 0.25) is 0 Å². The lowest BCUT2D eigenvalue weighted by atomic mass is 10.2. The minimum Gasteiger partial charge on any atom is -0.444 e. The summed E-state index contributed by atoms with van der Waals surface area (Å²) >= 11 is 1.76. The average molecular weight is 343 g/mol. The quantitative estimate of drug-likeness (QED) is 0.784. The van der Waals surface area contributed by atoms with Gasteiger partial charge in [0.25, 0.3) is 0 Å². The molecule has 0 aromatic carbocycles. The molecule has 0 spiro atoms. The van der Waals surface area contributed by atoms with Gasteiger partial charge in [-0.3, -0.25) is 0 Å². The van der Waals surface area contributed by atoms with Gasteiger partial charge in [0.1, 0.15) is 5.60 Å². The Kier molecular flexibility index (Phi) is 8.02. The third-order valence-corrected chi connectivity index (χ3v) is 4.55. The zero-order valence-corrected chi connectivity index (χ0v) is 16.0.